The lowest BCUT2D eigenvalue weighted by molar-refractivity contribution is -0.148. The van der Waals surface area contributed by atoms with Crippen molar-refractivity contribution in [1.29, 1.82) is 0 Å². The first-order valence-corrected chi connectivity index (χ1v) is 22.1. The Morgan fingerprint density at radius 1 is 0.839 bits per heavy atom. The quantitative estimate of drug-likeness (QED) is 0.347. The predicted molar refractivity (Wildman–Crippen MR) is 227 cm³/mol. The number of hydrogen-bond acceptors (Lipinski definition) is 11. The molecule has 62 heavy (non-hydrogen) atoms. The predicted octanol–water partition coefficient (Wildman–Crippen LogP) is 3.24. The Kier molecular flexibility index (Phi) is 13.7. The highest BCUT2D eigenvalue weighted by Gasteiger charge is 2.47. The number of aromatic nitrogens is 1. The summed E-state index contributed by atoms with van der Waals surface area (Å²) in [7, 11) is 0. The molecule has 6 heterocycles. The number of aliphatic imine (C=N–C) groups is 1. The highest BCUT2D eigenvalue weighted by molar-refractivity contribution is 5.99. The minimum Gasteiger partial charge on any atom is -0.490 e. The van der Waals surface area contributed by atoms with Crippen molar-refractivity contribution >= 4 is 41.3 Å². The van der Waals surface area contributed by atoms with Gasteiger partial charge < -0.3 is 44.5 Å². The molecule has 0 aliphatic carbocycles. The third-order valence-electron chi connectivity index (χ3n) is 12.7. The molecule has 5 aliphatic rings. The number of hydrogen-bond donors (Lipinski definition) is 3. The van der Waals surface area contributed by atoms with Gasteiger partial charge in [0, 0.05) is 26.1 Å². The van der Waals surface area contributed by atoms with Crippen LogP contribution in [0.2, 0.25) is 0 Å². The summed E-state index contributed by atoms with van der Waals surface area (Å²) >= 11 is 0. The molecule has 9 atom stereocenters. The molecule has 0 radical (unpaired) electrons. The maximum atomic E-state index is 14.6. The fourth-order valence-corrected chi connectivity index (χ4v) is 8.99. The number of allylic oxidation sites excluding steroid dienone is 1. The van der Waals surface area contributed by atoms with Crippen LogP contribution in [0.4, 0.5) is 0 Å². The van der Waals surface area contributed by atoms with E-state index in [0.717, 1.165) is 11.1 Å². The molecule has 334 valence electrons. The van der Waals surface area contributed by atoms with Gasteiger partial charge >= 0.3 is 0 Å². The van der Waals surface area contributed by atoms with Crippen molar-refractivity contribution in [2.24, 2.45) is 10.9 Å². The van der Waals surface area contributed by atoms with E-state index in [-0.39, 0.29) is 47.5 Å². The fraction of sp³-hybridized carbons (Fsp3) is 0.600. The second-order valence-corrected chi connectivity index (χ2v) is 17.4. The Morgan fingerprint density at radius 2 is 1.48 bits per heavy atom. The number of carbonyl (C=O) groups excluding carboxylic acids is 6. The van der Waals surface area contributed by atoms with Crippen LogP contribution in [0.15, 0.2) is 51.6 Å². The van der Waals surface area contributed by atoms with E-state index in [9.17, 15) is 28.8 Å². The monoisotopic (exact) mass is 856 g/mol. The smallest absolute Gasteiger partial charge is 0.273 e. The van der Waals surface area contributed by atoms with Crippen LogP contribution in [0.5, 0.6) is 5.75 Å². The van der Waals surface area contributed by atoms with E-state index < -0.39 is 66.1 Å². The molecule has 3 fully saturated rings. The first-order valence-electron chi connectivity index (χ1n) is 22.1. The third-order valence-corrected chi connectivity index (χ3v) is 12.7. The van der Waals surface area contributed by atoms with E-state index in [4.69, 9.17) is 18.9 Å². The van der Waals surface area contributed by atoms with Crippen molar-refractivity contribution in [3.8, 4) is 5.75 Å². The van der Waals surface area contributed by atoms with Crippen molar-refractivity contribution in [3.05, 3.63) is 59.3 Å². The van der Waals surface area contributed by atoms with Crippen molar-refractivity contribution in [1.82, 2.24) is 35.6 Å². The highest BCUT2D eigenvalue weighted by Crippen LogP contribution is 2.30. The number of benzene rings is 1. The average Bonchev–Trinajstić information content (AvgIpc) is 4.11. The van der Waals surface area contributed by atoms with Crippen LogP contribution in [0, 0.1) is 5.92 Å². The van der Waals surface area contributed by atoms with Gasteiger partial charge in [0.25, 0.3) is 5.91 Å². The molecule has 2 aromatic rings. The maximum absolute atomic E-state index is 14.6. The molecule has 17 heteroatoms. The summed E-state index contributed by atoms with van der Waals surface area (Å²) in [5.41, 5.74) is 1.82. The molecule has 3 saturated heterocycles. The Morgan fingerprint density at radius 3 is 2.16 bits per heavy atom. The molecule has 3 N–H and O–H groups in total. The van der Waals surface area contributed by atoms with Gasteiger partial charge in [-0.2, -0.15) is 0 Å². The lowest BCUT2D eigenvalue weighted by atomic mass is 9.96. The van der Waals surface area contributed by atoms with Crippen LogP contribution in [-0.4, -0.2) is 130 Å². The summed E-state index contributed by atoms with van der Waals surface area (Å²) in [6.07, 6.45) is 6.40. The Bertz CT molecular complexity index is 2080. The topological polar surface area (TPSA) is 205 Å². The zero-order chi connectivity index (χ0) is 44.2. The number of amides is 6. The average molecular weight is 857 g/mol. The molecule has 4 bridgehead atoms. The Labute approximate surface area is 362 Å². The Balaban J connectivity index is 1.21. The van der Waals surface area contributed by atoms with E-state index >= 15 is 0 Å². The Hall–Kier alpha value is -5.74. The van der Waals surface area contributed by atoms with Gasteiger partial charge in [0.1, 0.15) is 61.0 Å². The molecule has 9 unspecified atom stereocenters. The van der Waals surface area contributed by atoms with Gasteiger partial charge in [-0.3, -0.25) is 28.8 Å². The molecule has 1 aromatic heterocycles. The second kappa shape index (κ2) is 19.1. The van der Waals surface area contributed by atoms with Gasteiger partial charge in [-0.05, 0) is 95.9 Å². The standard InChI is InChI=1S/C45H60N8O9/c1-7-26(4)36-45(59)53-21-10-13-35(53)44(58)51-19-8-11-33(51)39(55)46-27(5)41-48-32(24-61-41)38(54)47-31(23-29-14-16-30(17-15-29)60-22-18-25(2)3)43(57)52-20-9-12-34(52)42-50-37(28(6)62-42)40(56)49-36/h14-18,24,26-28,31,33-37H,7-13,19-23H2,1-6H3,(H,46,55)(H,47,54)(H,49,56). The van der Waals surface area contributed by atoms with Crippen LogP contribution in [0.25, 0.3) is 0 Å². The van der Waals surface area contributed by atoms with Crippen molar-refractivity contribution in [2.75, 3.05) is 26.2 Å². The van der Waals surface area contributed by atoms with Crippen LogP contribution < -0.4 is 20.7 Å². The maximum Gasteiger partial charge on any atom is 0.273 e. The largest absolute Gasteiger partial charge is 0.490 e. The van der Waals surface area contributed by atoms with E-state index in [1.807, 2.05) is 58.0 Å². The van der Waals surface area contributed by atoms with E-state index in [0.29, 0.717) is 76.9 Å². The first-order chi connectivity index (χ1) is 29.7. The van der Waals surface area contributed by atoms with Crippen LogP contribution in [0.3, 0.4) is 0 Å². The number of carbonyl (C=O) groups is 6. The van der Waals surface area contributed by atoms with Gasteiger partial charge in [0.15, 0.2) is 11.7 Å². The summed E-state index contributed by atoms with van der Waals surface area (Å²) in [5.74, 6) is -1.87. The van der Waals surface area contributed by atoms with E-state index in [2.05, 4.69) is 20.9 Å². The first kappa shape index (κ1) is 44.3. The van der Waals surface area contributed by atoms with Crippen molar-refractivity contribution in [3.63, 3.8) is 0 Å². The minimum absolute atomic E-state index is 0.0748. The fourth-order valence-electron chi connectivity index (χ4n) is 8.99. The number of nitrogens with one attached hydrogen (secondary N) is 3. The number of ether oxygens (including phenoxy) is 2. The summed E-state index contributed by atoms with van der Waals surface area (Å²) in [5, 5.41) is 8.77. The summed E-state index contributed by atoms with van der Waals surface area (Å²) < 4.78 is 17.8. The molecule has 17 nitrogen and oxygen atoms in total. The van der Waals surface area contributed by atoms with Crippen LogP contribution >= 0.6 is 0 Å². The zero-order valence-electron chi connectivity index (χ0n) is 36.6. The molecule has 5 aliphatic heterocycles. The van der Waals surface area contributed by atoms with Crippen molar-refractivity contribution < 1.29 is 42.7 Å². The molecular weight excluding hydrogens is 797 g/mol. The van der Waals surface area contributed by atoms with Gasteiger partial charge in [-0.15, -0.1) is 0 Å². The van der Waals surface area contributed by atoms with Gasteiger partial charge in [0.2, 0.25) is 41.3 Å². The molecule has 0 saturated carbocycles. The zero-order valence-corrected chi connectivity index (χ0v) is 36.6. The van der Waals surface area contributed by atoms with Crippen LogP contribution in [-0.2, 0) is 35.1 Å². The summed E-state index contributed by atoms with van der Waals surface area (Å²) in [6, 6.07) is 1.40. The van der Waals surface area contributed by atoms with Gasteiger partial charge in [-0.1, -0.05) is 38.0 Å². The molecule has 6 amide bonds. The number of rotatable bonds is 7. The normalized spacial score (nSPS) is 29.1. The number of nitrogens with zero attached hydrogens (tertiary/aromatic N) is 5. The van der Waals surface area contributed by atoms with Gasteiger partial charge in [0.05, 0.1) is 0 Å². The lowest BCUT2D eigenvalue weighted by Gasteiger charge is -2.34. The second-order valence-electron chi connectivity index (χ2n) is 17.4. The van der Waals surface area contributed by atoms with E-state index in [1.54, 1.807) is 28.5 Å². The lowest BCUT2D eigenvalue weighted by Crippen LogP contribution is -2.58. The minimum atomic E-state index is -1.05. The van der Waals surface area contributed by atoms with Gasteiger partial charge in [-0.25, -0.2) is 9.98 Å². The third kappa shape index (κ3) is 9.50. The summed E-state index contributed by atoms with van der Waals surface area (Å²) in [6.45, 7) is 12.7. The van der Waals surface area contributed by atoms with Crippen molar-refractivity contribution in [2.45, 2.75) is 141 Å². The molecule has 1 aromatic carbocycles. The number of oxazole rings is 1. The highest BCUT2D eigenvalue weighted by atomic mass is 16.5. The molecular formula is C45H60N8O9. The summed E-state index contributed by atoms with van der Waals surface area (Å²) in [4.78, 5) is 99.0. The van der Waals surface area contributed by atoms with Crippen LogP contribution in [0.1, 0.15) is 114 Å². The van der Waals surface area contributed by atoms with E-state index in [1.165, 1.54) is 6.26 Å². The number of fused-ring (bicyclic) bond motifs is 7. The molecule has 0 spiro atoms. The molecule has 7 rings (SSSR count). The SMILES string of the molecule is CCC(C)C1NC(=O)C2N=C(OC2C)C2CCCN2C(=O)C(Cc2ccc(OCC=C(C)C)cc2)NC(=O)c2coc(n2)C(C)NC(=O)C2CCCN2C(=O)C2CCCN2C1=O.